The zero-order chi connectivity index (χ0) is 13.2. The van der Waals surface area contributed by atoms with Crippen LogP contribution in [0.25, 0.3) is 16.9 Å². The number of fused-ring (bicyclic) bond motifs is 1. The van der Waals surface area contributed by atoms with E-state index in [-0.39, 0.29) is 6.42 Å². The molecule has 0 radical (unpaired) electrons. The summed E-state index contributed by atoms with van der Waals surface area (Å²) >= 11 is 0. The first-order chi connectivity index (χ1) is 9.24. The Morgan fingerprint density at radius 1 is 1.16 bits per heavy atom. The highest BCUT2D eigenvalue weighted by molar-refractivity contribution is 5.70. The predicted octanol–water partition coefficient (Wildman–Crippen LogP) is 1.42. The van der Waals surface area contributed by atoms with E-state index in [4.69, 9.17) is 5.11 Å². The lowest BCUT2D eigenvalue weighted by Gasteiger charge is -2.05. The highest BCUT2D eigenvalue weighted by atomic mass is 16.4. The minimum atomic E-state index is -0.907. The normalized spacial score (nSPS) is 10.7. The van der Waals surface area contributed by atoms with Crippen LogP contribution in [0.15, 0.2) is 42.9 Å². The summed E-state index contributed by atoms with van der Waals surface area (Å²) in [6.07, 6.45) is 4.87. The first-order valence-electron chi connectivity index (χ1n) is 5.70. The highest BCUT2D eigenvalue weighted by Gasteiger charge is 2.08. The van der Waals surface area contributed by atoms with Crippen LogP contribution in [0.5, 0.6) is 0 Å². The molecule has 19 heavy (non-hydrogen) atoms. The first-order valence-corrected chi connectivity index (χ1v) is 5.70. The van der Waals surface area contributed by atoms with Gasteiger partial charge in [-0.3, -0.25) is 9.78 Å². The lowest BCUT2D eigenvalue weighted by atomic mass is 10.2. The van der Waals surface area contributed by atoms with E-state index in [2.05, 4.69) is 15.1 Å². The summed E-state index contributed by atoms with van der Waals surface area (Å²) < 4.78 is 1.71. The number of hydrogen-bond acceptors (Lipinski definition) is 4. The minimum Gasteiger partial charge on any atom is -0.481 e. The second-order valence-corrected chi connectivity index (χ2v) is 4.04. The Labute approximate surface area is 108 Å². The zero-order valence-corrected chi connectivity index (χ0v) is 9.89. The highest BCUT2D eigenvalue weighted by Crippen LogP contribution is 2.18. The van der Waals surface area contributed by atoms with Crippen LogP contribution in [0.3, 0.4) is 0 Å². The molecule has 3 heterocycles. The van der Waals surface area contributed by atoms with E-state index in [1.165, 1.54) is 0 Å². The summed E-state index contributed by atoms with van der Waals surface area (Å²) in [6, 6.07) is 7.24. The molecule has 1 N–H and O–H groups in total. The van der Waals surface area contributed by atoms with Crippen molar-refractivity contribution in [1.82, 2.24) is 19.6 Å². The molecular formula is C13H10N4O2. The quantitative estimate of drug-likeness (QED) is 0.764. The van der Waals surface area contributed by atoms with Crippen LogP contribution in [0, 0.1) is 0 Å². The summed E-state index contributed by atoms with van der Waals surface area (Å²) in [7, 11) is 0. The van der Waals surface area contributed by atoms with Gasteiger partial charge in [0.05, 0.1) is 23.8 Å². The van der Waals surface area contributed by atoms with Gasteiger partial charge in [-0.1, -0.05) is 0 Å². The van der Waals surface area contributed by atoms with Gasteiger partial charge >= 0.3 is 5.97 Å². The van der Waals surface area contributed by atoms with Gasteiger partial charge in [0.1, 0.15) is 0 Å². The zero-order valence-electron chi connectivity index (χ0n) is 9.89. The van der Waals surface area contributed by atoms with E-state index in [1.807, 2.05) is 12.1 Å². The summed E-state index contributed by atoms with van der Waals surface area (Å²) in [5.74, 6) is -0.244. The van der Waals surface area contributed by atoms with E-state index < -0.39 is 5.97 Å². The molecule has 0 aliphatic carbocycles. The number of aliphatic carboxylic acids is 1. The van der Waals surface area contributed by atoms with Crippen LogP contribution in [-0.4, -0.2) is 30.7 Å². The van der Waals surface area contributed by atoms with Crippen LogP contribution < -0.4 is 0 Å². The fourth-order valence-electron chi connectivity index (χ4n) is 1.92. The molecule has 0 aliphatic heterocycles. The van der Waals surface area contributed by atoms with Gasteiger partial charge in [-0.25, -0.2) is 9.50 Å². The third-order valence-electron chi connectivity index (χ3n) is 2.72. The van der Waals surface area contributed by atoms with Gasteiger partial charge in [0.25, 0.3) is 0 Å². The standard InChI is InChI=1S/C13H10N4O2/c18-12(19)8-10-7-9(1-4-14-10)13-15-5-2-11-3-6-16-17(11)13/h1-7H,8H2,(H,18,19). The molecule has 94 valence electrons. The topological polar surface area (TPSA) is 80.4 Å². The maximum Gasteiger partial charge on any atom is 0.309 e. The molecule has 0 bridgehead atoms. The third-order valence-corrected chi connectivity index (χ3v) is 2.72. The number of aromatic nitrogens is 4. The molecule has 0 aliphatic rings. The van der Waals surface area contributed by atoms with Crippen molar-refractivity contribution in [3.8, 4) is 11.4 Å². The number of hydrogen-bond donors (Lipinski definition) is 1. The SMILES string of the molecule is O=C(O)Cc1cc(-c2nccc3ccnn23)ccn1. The Bertz CT molecular complexity index is 751. The number of carboxylic acids is 1. The number of nitrogens with zero attached hydrogens (tertiary/aromatic N) is 4. The van der Waals surface area contributed by atoms with Crippen molar-refractivity contribution in [2.45, 2.75) is 6.42 Å². The van der Waals surface area contributed by atoms with Crippen molar-refractivity contribution >= 4 is 11.5 Å². The summed E-state index contributed by atoms with van der Waals surface area (Å²) in [6.45, 7) is 0. The van der Waals surface area contributed by atoms with Crippen molar-refractivity contribution in [2.75, 3.05) is 0 Å². The number of rotatable bonds is 3. The molecule has 0 atom stereocenters. The lowest BCUT2D eigenvalue weighted by Crippen LogP contribution is -2.03. The molecule has 0 amide bonds. The van der Waals surface area contributed by atoms with E-state index in [0.717, 1.165) is 11.1 Å². The summed E-state index contributed by atoms with van der Waals surface area (Å²) in [5.41, 5.74) is 2.22. The molecule has 0 spiro atoms. The monoisotopic (exact) mass is 254 g/mol. The van der Waals surface area contributed by atoms with E-state index in [9.17, 15) is 4.79 Å². The Hall–Kier alpha value is -2.76. The van der Waals surface area contributed by atoms with Gasteiger partial charge in [0.2, 0.25) is 0 Å². The molecule has 0 aromatic carbocycles. The first kappa shape index (κ1) is 11.3. The van der Waals surface area contributed by atoms with Gasteiger partial charge < -0.3 is 5.11 Å². The van der Waals surface area contributed by atoms with E-state index >= 15 is 0 Å². The summed E-state index contributed by atoms with van der Waals surface area (Å²) in [5, 5.41) is 13.0. The molecule has 0 saturated heterocycles. The number of carbonyl (C=O) groups is 1. The second kappa shape index (κ2) is 4.49. The van der Waals surface area contributed by atoms with Crippen molar-refractivity contribution in [3.63, 3.8) is 0 Å². The van der Waals surface area contributed by atoms with Crippen LogP contribution in [-0.2, 0) is 11.2 Å². The van der Waals surface area contributed by atoms with Gasteiger partial charge in [-0.05, 0) is 24.3 Å². The Morgan fingerprint density at radius 3 is 2.79 bits per heavy atom. The van der Waals surface area contributed by atoms with Gasteiger partial charge in [-0.2, -0.15) is 5.10 Å². The number of carboxylic acid groups (broad SMARTS) is 1. The van der Waals surface area contributed by atoms with E-state index in [0.29, 0.717) is 11.5 Å². The molecule has 0 unspecified atom stereocenters. The maximum atomic E-state index is 10.7. The predicted molar refractivity (Wildman–Crippen MR) is 67.6 cm³/mol. The molecule has 3 aromatic heterocycles. The molecule has 0 fully saturated rings. The van der Waals surface area contributed by atoms with Crippen LogP contribution in [0.1, 0.15) is 5.69 Å². The average molecular weight is 254 g/mol. The second-order valence-electron chi connectivity index (χ2n) is 4.04. The lowest BCUT2D eigenvalue weighted by molar-refractivity contribution is -0.136. The fraction of sp³-hybridized carbons (Fsp3) is 0.0769. The van der Waals surface area contributed by atoms with Crippen molar-refractivity contribution in [3.05, 3.63) is 48.5 Å². The molecule has 6 heteroatoms. The van der Waals surface area contributed by atoms with Crippen molar-refractivity contribution in [2.24, 2.45) is 0 Å². The van der Waals surface area contributed by atoms with Crippen molar-refractivity contribution in [1.29, 1.82) is 0 Å². The average Bonchev–Trinajstić information content (AvgIpc) is 2.86. The minimum absolute atomic E-state index is 0.108. The fourth-order valence-corrected chi connectivity index (χ4v) is 1.92. The van der Waals surface area contributed by atoms with Gasteiger partial charge in [0.15, 0.2) is 5.82 Å². The number of pyridine rings is 1. The molecule has 3 aromatic rings. The Morgan fingerprint density at radius 2 is 1.95 bits per heavy atom. The third kappa shape index (κ3) is 2.15. The van der Waals surface area contributed by atoms with Crippen molar-refractivity contribution < 1.29 is 9.90 Å². The molecule has 3 rings (SSSR count). The largest absolute Gasteiger partial charge is 0.481 e. The van der Waals surface area contributed by atoms with Gasteiger partial charge in [0, 0.05) is 18.0 Å². The molecule has 6 nitrogen and oxygen atoms in total. The van der Waals surface area contributed by atoms with E-state index in [1.54, 1.807) is 35.2 Å². The smallest absolute Gasteiger partial charge is 0.309 e. The summed E-state index contributed by atoms with van der Waals surface area (Å²) in [4.78, 5) is 19.0. The Kier molecular flexibility index (Phi) is 2.68. The van der Waals surface area contributed by atoms with Gasteiger partial charge in [-0.15, -0.1) is 0 Å². The van der Waals surface area contributed by atoms with Crippen LogP contribution in [0.4, 0.5) is 0 Å². The molecule has 0 saturated carbocycles. The Balaban J connectivity index is 2.11. The van der Waals surface area contributed by atoms with Crippen LogP contribution >= 0.6 is 0 Å². The maximum absolute atomic E-state index is 10.7. The van der Waals surface area contributed by atoms with Crippen LogP contribution in [0.2, 0.25) is 0 Å². The molecular weight excluding hydrogens is 244 g/mol.